The summed E-state index contributed by atoms with van der Waals surface area (Å²) in [6, 6.07) is 10.9. The first-order valence-corrected chi connectivity index (χ1v) is 11.5. The van der Waals surface area contributed by atoms with E-state index < -0.39 is 5.41 Å². The van der Waals surface area contributed by atoms with E-state index in [0.29, 0.717) is 0 Å². The lowest BCUT2D eigenvalue weighted by atomic mass is 9.77. The molecule has 33 heavy (non-hydrogen) atoms. The van der Waals surface area contributed by atoms with Crippen LogP contribution in [0.2, 0.25) is 0 Å². The van der Waals surface area contributed by atoms with Crippen LogP contribution < -0.4 is 0 Å². The van der Waals surface area contributed by atoms with E-state index in [1.54, 1.807) is 6.20 Å². The first-order valence-electron chi connectivity index (χ1n) is 11.5. The molecule has 4 aromatic rings. The largest absolute Gasteiger partial charge is 0.381 e. The Bertz CT molecular complexity index is 1370. The molecule has 6 heteroatoms. The van der Waals surface area contributed by atoms with Crippen LogP contribution in [-0.2, 0) is 10.2 Å². The monoisotopic (exact) mass is 447 g/mol. The Morgan fingerprint density at radius 3 is 2.39 bits per heavy atom. The summed E-state index contributed by atoms with van der Waals surface area (Å²) in [5.41, 5.74) is 4.56. The van der Waals surface area contributed by atoms with Crippen LogP contribution in [0.25, 0.3) is 27.5 Å². The number of ether oxygens (including phenoxy) is 1. The van der Waals surface area contributed by atoms with Crippen LogP contribution in [0.4, 0.5) is 4.39 Å². The van der Waals surface area contributed by atoms with Crippen molar-refractivity contribution in [3.8, 4) is 5.69 Å². The molecule has 0 aliphatic carbocycles. The van der Waals surface area contributed by atoms with Gasteiger partial charge in [0.2, 0.25) is 0 Å². The molecule has 2 aromatic carbocycles. The first kappa shape index (κ1) is 21.8. The van der Waals surface area contributed by atoms with Crippen molar-refractivity contribution in [2.24, 2.45) is 5.41 Å². The van der Waals surface area contributed by atoms with Crippen molar-refractivity contribution in [2.45, 2.75) is 52.9 Å². The fourth-order valence-corrected chi connectivity index (χ4v) is 5.08. The highest BCUT2D eigenvalue weighted by molar-refractivity contribution is 6.02. The van der Waals surface area contributed by atoms with Gasteiger partial charge in [0.15, 0.2) is 0 Å². The number of hydrogen-bond donors (Lipinski definition) is 0. The van der Waals surface area contributed by atoms with Gasteiger partial charge in [-0.25, -0.2) is 4.39 Å². The summed E-state index contributed by atoms with van der Waals surface area (Å²) in [4.78, 5) is 13.0. The summed E-state index contributed by atoms with van der Waals surface area (Å²) in [6.45, 7) is 11.6. The predicted molar refractivity (Wildman–Crippen MR) is 129 cm³/mol. The quantitative estimate of drug-likeness (QED) is 0.369. The summed E-state index contributed by atoms with van der Waals surface area (Å²) in [7, 11) is 0. The van der Waals surface area contributed by atoms with E-state index >= 15 is 0 Å². The maximum absolute atomic E-state index is 13.8. The number of carbonyl (C=O) groups excluding carboxylic acids is 1. The van der Waals surface area contributed by atoms with Crippen LogP contribution in [-0.4, -0.2) is 33.5 Å². The molecule has 0 radical (unpaired) electrons. The number of hydrogen-bond acceptors (Lipinski definition) is 3. The molecule has 0 N–H and O–H groups in total. The molecule has 0 saturated carbocycles. The molecule has 1 aliphatic heterocycles. The predicted octanol–water partition coefficient (Wildman–Crippen LogP) is 6.18. The molecule has 3 heterocycles. The van der Waals surface area contributed by atoms with Gasteiger partial charge in [-0.1, -0.05) is 27.7 Å². The Morgan fingerprint density at radius 1 is 1.09 bits per heavy atom. The van der Waals surface area contributed by atoms with Gasteiger partial charge in [-0.05, 0) is 61.7 Å². The third kappa shape index (κ3) is 3.48. The average Bonchev–Trinajstić information content (AvgIpc) is 3.31. The SMILES string of the molecule is Cc1c(C2(C)CCOCC2)n(-c2ccc(F)cc2)c2cc3cnn(C(=O)C(C)(C)C)c3cc12. The van der Waals surface area contributed by atoms with E-state index in [1.807, 2.05) is 32.9 Å². The molecule has 172 valence electrons. The van der Waals surface area contributed by atoms with E-state index in [9.17, 15) is 9.18 Å². The first-order chi connectivity index (χ1) is 15.6. The fraction of sp³-hybridized carbons (Fsp3) is 0.407. The van der Waals surface area contributed by atoms with E-state index in [2.05, 4.69) is 35.6 Å². The van der Waals surface area contributed by atoms with E-state index in [4.69, 9.17) is 4.74 Å². The molecule has 5 rings (SSSR count). The van der Waals surface area contributed by atoms with Gasteiger partial charge in [0.25, 0.3) is 5.91 Å². The highest BCUT2D eigenvalue weighted by Gasteiger charge is 2.36. The number of benzene rings is 2. The zero-order valence-electron chi connectivity index (χ0n) is 19.9. The molecule has 2 aromatic heterocycles. The van der Waals surface area contributed by atoms with Crippen molar-refractivity contribution >= 4 is 27.7 Å². The van der Waals surface area contributed by atoms with E-state index in [-0.39, 0.29) is 17.1 Å². The van der Waals surface area contributed by atoms with Crippen molar-refractivity contribution < 1.29 is 13.9 Å². The fourth-order valence-electron chi connectivity index (χ4n) is 5.08. The molecule has 0 atom stereocenters. The van der Waals surface area contributed by atoms with Gasteiger partial charge in [-0.3, -0.25) is 4.79 Å². The van der Waals surface area contributed by atoms with E-state index in [0.717, 1.165) is 53.5 Å². The van der Waals surface area contributed by atoms with Crippen molar-refractivity contribution in [3.05, 3.63) is 59.7 Å². The van der Waals surface area contributed by atoms with Gasteiger partial charge in [-0.15, -0.1) is 0 Å². The topological polar surface area (TPSA) is 49.0 Å². The molecular weight excluding hydrogens is 417 g/mol. The van der Waals surface area contributed by atoms with Crippen molar-refractivity contribution in [2.75, 3.05) is 13.2 Å². The smallest absolute Gasteiger partial charge is 0.252 e. The standard InChI is InChI=1S/C27H30FN3O2/c1-17-21-15-22-18(16-29-31(22)25(32)26(2,3)4)14-23(21)30(20-8-6-19(28)7-9-20)24(17)27(5)10-12-33-13-11-27/h6-9,14-16H,10-13H2,1-5H3. The number of halogens is 1. The number of rotatable bonds is 2. The molecule has 0 bridgehead atoms. The molecule has 1 fully saturated rings. The minimum Gasteiger partial charge on any atom is -0.381 e. The van der Waals surface area contributed by atoms with E-state index in [1.165, 1.54) is 28.1 Å². The molecule has 1 aliphatic rings. The second-order valence-electron chi connectivity index (χ2n) is 10.5. The second-order valence-corrected chi connectivity index (χ2v) is 10.5. The number of aromatic nitrogens is 3. The summed E-state index contributed by atoms with van der Waals surface area (Å²) in [5, 5.41) is 6.41. The highest BCUT2D eigenvalue weighted by Crippen LogP contribution is 2.43. The summed E-state index contributed by atoms with van der Waals surface area (Å²) in [6.07, 6.45) is 3.59. The molecule has 0 unspecified atom stereocenters. The maximum Gasteiger partial charge on any atom is 0.252 e. The van der Waals surface area contributed by atoms with Crippen LogP contribution in [0, 0.1) is 18.2 Å². The van der Waals surface area contributed by atoms with Gasteiger partial charge in [0.1, 0.15) is 5.82 Å². The second kappa shape index (κ2) is 7.52. The van der Waals surface area contributed by atoms with Crippen molar-refractivity contribution in [3.63, 3.8) is 0 Å². The van der Waals surface area contributed by atoms with Crippen LogP contribution in [0.15, 0.2) is 42.6 Å². The Labute approximate surface area is 193 Å². The summed E-state index contributed by atoms with van der Waals surface area (Å²) in [5.74, 6) is -0.292. The Morgan fingerprint density at radius 2 is 1.76 bits per heavy atom. The number of fused-ring (bicyclic) bond motifs is 2. The van der Waals surface area contributed by atoms with Gasteiger partial charge in [0, 0.05) is 46.2 Å². The lowest BCUT2D eigenvalue weighted by Gasteiger charge is -2.35. The van der Waals surface area contributed by atoms with Crippen LogP contribution in [0.3, 0.4) is 0 Å². The Kier molecular flexibility index (Phi) is 4.98. The highest BCUT2D eigenvalue weighted by atomic mass is 19.1. The Hall–Kier alpha value is -2.99. The van der Waals surface area contributed by atoms with Crippen LogP contribution >= 0.6 is 0 Å². The van der Waals surface area contributed by atoms with Crippen molar-refractivity contribution in [1.29, 1.82) is 0 Å². The van der Waals surface area contributed by atoms with Crippen molar-refractivity contribution in [1.82, 2.24) is 14.3 Å². The lowest BCUT2D eigenvalue weighted by Crippen LogP contribution is -2.33. The van der Waals surface area contributed by atoms with Gasteiger partial charge in [0.05, 0.1) is 17.2 Å². The molecule has 0 spiro atoms. The summed E-state index contributed by atoms with van der Waals surface area (Å²) < 4.78 is 23.2. The third-order valence-electron chi connectivity index (χ3n) is 7.00. The zero-order valence-corrected chi connectivity index (χ0v) is 19.9. The minimum absolute atomic E-state index is 0.0379. The number of nitrogens with zero attached hydrogens (tertiary/aromatic N) is 3. The van der Waals surface area contributed by atoms with Gasteiger partial charge in [-0.2, -0.15) is 9.78 Å². The number of carbonyl (C=O) groups is 1. The summed E-state index contributed by atoms with van der Waals surface area (Å²) >= 11 is 0. The molecular formula is C27H30FN3O2. The molecule has 1 saturated heterocycles. The van der Waals surface area contributed by atoms with Crippen LogP contribution in [0.5, 0.6) is 0 Å². The lowest BCUT2D eigenvalue weighted by molar-refractivity contribution is 0.0544. The normalized spacial score (nSPS) is 16.5. The van der Waals surface area contributed by atoms with Crippen LogP contribution in [0.1, 0.15) is 56.6 Å². The minimum atomic E-state index is -0.538. The third-order valence-corrected chi connectivity index (χ3v) is 7.00. The Balaban J connectivity index is 1.83. The molecule has 0 amide bonds. The maximum atomic E-state index is 13.8. The average molecular weight is 448 g/mol. The number of aryl methyl sites for hydroxylation is 1. The van der Waals surface area contributed by atoms with Gasteiger partial charge >= 0.3 is 0 Å². The zero-order chi connectivity index (χ0) is 23.5. The van der Waals surface area contributed by atoms with Gasteiger partial charge < -0.3 is 9.30 Å². The molecule has 5 nitrogen and oxygen atoms in total.